The normalized spacial score (nSPS) is 13.0. The molecule has 3 rings (SSSR count). The van der Waals surface area contributed by atoms with Crippen molar-refractivity contribution in [2.24, 2.45) is 0 Å². The molecule has 0 heterocycles. The largest absolute Gasteiger partial charge is 0.435 e. The SMILES string of the molecule is Cc1ccccc1C(=O)P(=O)(Oc1ccccc1)c1ccccc1. The van der Waals surface area contributed by atoms with Gasteiger partial charge >= 0.3 is 7.37 Å². The van der Waals surface area contributed by atoms with Crippen LogP contribution in [0.25, 0.3) is 0 Å². The molecule has 4 heteroatoms. The smallest absolute Gasteiger partial charge is 0.346 e. The summed E-state index contributed by atoms with van der Waals surface area (Å²) in [5.74, 6) is 0.409. The maximum atomic E-state index is 13.7. The van der Waals surface area contributed by atoms with Gasteiger partial charge in [0, 0.05) is 5.56 Å². The molecule has 0 aliphatic carbocycles. The summed E-state index contributed by atoms with van der Waals surface area (Å²) in [7, 11) is -3.77. The van der Waals surface area contributed by atoms with Crippen LogP contribution in [-0.2, 0) is 4.57 Å². The molecule has 0 amide bonds. The lowest BCUT2D eigenvalue weighted by Crippen LogP contribution is -2.18. The van der Waals surface area contributed by atoms with E-state index in [9.17, 15) is 9.36 Å². The van der Waals surface area contributed by atoms with Gasteiger partial charge in [-0.3, -0.25) is 9.36 Å². The molecule has 1 atom stereocenters. The van der Waals surface area contributed by atoms with Gasteiger partial charge in [0.1, 0.15) is 5.75 Å². The standard InChI is InChI=1S/C20H17O3P/c1-16-10-8-9-15-19(16)20(21)24(22,18-13-6-3-7-14-18)23-17-11-4-2-5-12-17/h2-15H,1H3. The molecule has 0 fully saturated rings. The second kappa shape index (κ2) is 6.86. The van der Waals surface area contributed by atoms with Crippen molar-refractivity contribution in [2.75, 3.05) is 0 Å². The minimum atomic E-state index is -3.77. The average molecular weight is 336 g/mol. The molecule has 3 aromatic carbocycles. The summed E-state index contributed by atoms with van der Waals surface area (Å²) in [4.78, 5) is 13.1. The predicted molar refractivity (Wildman–Crippen MR) is 96.3 cm³/mol. The molecule has 0 spiro atoms. The molecule has 24 heavy (non-hydrogen) atoms. The maximum absolute atomic E-state index is 13.7. The maximum Gasteiger partial charge on any atom is 0.346 e. The molecule has 120 valence electrons. The Balaban J connectivity index is 2.11. The van der Waals surface area contributed by atoms with E-state index >= 15 is 0 Å². The number of hydrogen-bond acceptors (Lipinski definition) is 3. The highest BCUT2D eigenvalue weighted by atomic mass is 31.2. The van der Waals surface area contributed by atoms with Crippen LogP contribution >= 0.6 is 7.37 Å². The molecule has 0 N–H and O–H groups in total. The van der Waals surface area contributed by atoms with E-state index in [0.717, 1.165) is 5.56 Å². The number of carbonyl (C=O) groups excluding carboxylic acids is 1. The Morgan fingerprint density at radius 3 is 1.96 bits per heavy atom. The van der Waals surface area contributed by atoms with Crippen molar-refractivity contribution in [2.45, 2.75) is 6.92 Å². The zero-order valence-electron chi connectivity index (χ0n) is 13.3. The van der Waals surface area contributed by atoms with E-state index in [2.05, 4.69) is 0 Å². The van der Waals surface area contributed by atoms with Crippen molar-refractivity contribution in [3.63, 3.8) is 0 Å². The molecule has 1 unspecified atom stereocenters. The number of rotatable bonds is 5. The Morgan fingerprint density at radius 1 is 0.792 bits per heavy atom. The predicted octanol–water partition coefficient (Wildman–Crippen LogP) is 4.82. The van der Waals surface area contributed by atoms with E-state index in [1.54, 1.807) is 60.7 Å². The van der Waals surface area contributed by atoms with Crippen LogP contribution in [0.2, 0.25) is 0 Å². The lowest BCUT2D eigenvalue weighted by atomic mass is 10.1. The second-order valence-corrected chi connectivity index (χ2v) is 7.62. The fraction of sp³-hybridized carbons (Fsp3) is 0.0500. The molecular formula is C20H17O3P. The van der Waals surface area contributed by atoms with Crippen molar-refractivity contribution in [1.29, 1.82) is 0 Å². The third-order valence-corrected chi connectivity index (χ3v) is 5.94. The molecule has 0 radical (unpaired) electrons. The summed E-state index contributed by atoms with van der Waals surface area (Å²) in [5.41, 5.74) is 0.701. The van der Waals surface area contributed by atoms with Crippen molar-refractivity contribution < 1.29 is 13.9 Å². The Morgan fingerprint density at radius 2 is 1.33 bits per heavy atom. The topological polar surface area (TPSA) is 43.4 Å². The number of aryl methyl sites for hydroxylation is 1. The number of para-hydroxylation sites is 1. The summed E-state index contributed by atoms with van der Waals surface area (Å²) in [6.07, 6.45) is 0. The Hall–Kier alpha value is -2.64. The minimum Gasteiger partial charge on any atom is -0.435 e. The van der Waals surface area contributed by atoms with Crippen LogP contribution in [0, 0.1) is 6.92 Å². The van der Waals surface area contributed by atoms with Crippen LogP contribution in [0.4, 0.5) is 0 Å². The zero-order chi connectivity index (χ0) is 17.0. The third-order valence-electron chi connectivity index (χ3n) is 3.72. The van der Waals surface area contributed by atoms with E-state index in [-0.39, 0.29) is 0 Å². The summed E-state index contributed by atoms with van der Waals surface area (Å²) in [6.45, 7) is 1.82. The number of benzene rings is 3. The van der Waals surface area contributed by atoms with Gasteiger partial charge in [-0.1, -0.05) is 60.7 Å². The first-order valence-electron chi connectivity index (χ1n) is 7.62. The van der Waals surface area contributed by atoms with E-state index < -0.39 is 12.9 Å². The molecule has 0 saturated heterocycles. The van der Waals surface area contributed by atoms with Gasteiger partial charge in [0.25, 0.3) is 5.52 Å². The molecular weight excluding hydrogens is 319 g/mol. The van der Waals surface area contributed by atoms with Gasteiger partial charge in [0.2, 0.25) is 0 Å². The van der Waals surface area contributed by atoms with E-state index in [0.29, 0.717) is 16.6 Å². The fourth-order valence-corrected chi connectivity index (χ4v) is 4.41. The highest BCUT2D eigenvalue weighted by Gasteiger charge is 2.38. The fourth-order valence-electron chi connectivity index (χ4n) is 2.44. The van der Waals surface area contributed by atoms with Crippen LogP contribution < -0.4 is 9.83 Å². The van der Waals surface area contributed by atoms with Crippen molar-refractivity contribution in [1.82, 2.24) is 0 Å². The second-order valence-electron chi connectivity index (χ2n) is 5.41. The van der Waals surface area contributed by atoms with Gasteiger partial charge in [-0.2, -0.15) is 0 Å². The van der Waals surface area contributed by atoms with Crippen LogP contribution in [-0.4, -0.2) is 5.52 Å². The first-order valence-corrected chi connectivity index (χ1v) is 9.24. The van der Waals surface area contributed by atoms with Gasteiger partial charge in [-0.15, -0.1) is 0 Å². The highest BCUT2D eigenvalue weighted by molar-refractivity contribution is 7.83. The van der Waals surface area contributed by atoms with Crippen LogP contribution in [0.15, 0.2) is 84.9 Å². The average Bonchev–Trinajstić information content (AvgIpc) is 2.63. The molecule has 0 saturated carbocycles. The van der Waals surface area contributed by atoms with Crippen molar-refractivity contribution >= 4 is 18.2 Å². The highest BCUT2D eigenvalue weighted by Crippen LogP contribution is 2.49. The zero-order valence-corrected chi connectivity index (χ0v) is 14.1. The molecule has 0 aliphatic rings. The quantitative estimate of drug-likeness (QED) is 0.628. The summed E-state index contributed by atoms with van der Waals surface area (Å²) >= 11 is 0. The van der Waals surface area contributed by atoms with Gasteiger partial charge in [0.15, 0.2) is 0 Å². The van der Waals surface area contributed by atoms with Gasteiger partial charge in [0.05, 0.1) is 5.30 Å². The van der Waals surface area contributed by atoms with E-state index in [1.165, 1.54) is 0 Å². The number of carbonyl (C=O) groups is 1. The van der Waals surface area contributed by atoms with E-state index in [1.807, 2.05) is 31.2 Å². The summed E-state index contributed by atoms with van der Waals surface area (Å²) < 4.78 is 19.4. The van der Waals surface area contributed by atoms with Gasteiger partial charge < -0.3 is 4.52 Å². The van der Waals surface area contributed by atoms with E-state index in [4.69, 9.17) is 4.52 Å². The van der Waals surface area contributed by atoms with Crippen molar-refractivity contribution in [3.05, 3.63) is 96.1 Å². The molecule has 0 aliphatic heterocycles. The molecule has 0 bridgehead atoms. The number of hydrogen-bond donors (Lipinski definition) is 0. The van der Waals surface area contributed by atoms with Crippen LogP contribution in [0.5, 0.6) is 5.75 Å². The Bertz CT molecular complexity index is 889. The molecule has 3 nitrogen and oxygen atoms in total. The van der Waals surface area contributed by atoms with Crippen LogP contribution in [0.1, 0.15) is 15.9 Å². The molecule has 3 aromatic rings. The Kier molecular flexibility index (Phi) is 4.64. The third kappa shape index (κ3) is 3.17. The van der Waals surface area contributed by atoms with Gasteiger partial charge in [-0.05, 0) is 36.8 Å². The van der Waals surface area contributed by atoms with Crippen molar-refractivity contribution in [3.8, 4) is 5.75 Å². The minimum absolute atomic E-state index is 0.391. The first kappa shape index (κ1) is 16.2. The first-order chi connectivity index (χ1) is 11.6. The Labute approximate surface area is 141 Å². The van der Waals surface area contributed by atoms with Gasteiger partial charge in [-0.25, -0.2) is 0 Å². The van der Waals surface area contributed by atoms with Crippen LogP contribution in [0.3, 0.4) is 0 Å². The monoisotopic (exact) mass is 336 g/mol. The molecule has 0 aromatic heterocycles. The lowest BCUT2D eigenvalue weighted by Gasteiger charge is -2.19. The summed E-state index contributed by atoms with van der Waals surface area (Å²) in [5, 5.41) is 0.391. The summed E-state index contributed by atoms with van der Waals surface area (Å²) in [6, 6.07) is 24.6. The lowest BCUT2D eigenvalue weighted by molar-refractivity contribution is 0.106.